The number of fused-ring (bicyclic) bond motifs is 7. The molecule has 1 spiro atoms. The lowest BCUT2D eigenvalue weighted by atomic mass is 9.43. The summed E-state index contributed by atoms with van der Waals surface area (Å²) in [6.07, 6.45) is 10.0. The Labute approximate surface area is 188 Å². The van der Waals surface area contributed by atoms with Gasteiger partial charge in [0.05, 0.1) is 18.3 Å². The summed E-state index contributed by atoms with van der Waals surface area (Å²) in [5.74, 6) is 4.03. The van der Waals surface area contributed by atoms with E-state index < -0.39 is 0 Å². The van der Waals surface area contributed by atoms with E-state index in [2.05, 4.69) is 33.0 Å². The predicted octanol–water partition coefficient (Wildman–Crippen LogP) is 4.34. The van der Waals surface area contributed by atoms with Crippen molar-refractivity contribution < 1.29 is 14.9 Å². The lowest BCUT2D eigenvalue weighted by Gasteiger charge is -2.62. The molecule has 6 aliphatic rings. The first-order valence-electron chi connectivity index (χ1n) is 13.5. The minimum Gasteiger partial charge on any atom is -0.393 e. The summed E-state index contributed by atoms with van der Waals surface area (Å²) < 4.78 is 6.97. The monoisotopic (exact) mass is 431 g/mol. The summed E-state index contributed by atoms with van der Waals surface area (Å²) in [5, 5.41) is 25.6. The minimum atomic E-state index is -0.199. The Kier molecular flexibility index (Phi) is 4.78. The van der Waals surface area contributed by atoms with E-state index in [9.17, 15) is 10.2 Å². The highest BCUT2D eigenvalue weighted by Gasteiger charge is 2.69. The van der Waals surface area contributed by atoms with Gasteiger partial charge in [-0.3, -0.25) is 5.32 Å². The first kappa shape index (κ1) is 21.4. The fourth-order valence-corrected chi connectivity index (χ4v) is 10.4. The quantitative estimate of drug-likeness (QED) is 0.534. The second-order valence-corrected chi connectivity index (χ2v) is 13.4. The Morgan fingerprint density at radius 3 is 2.39 bits per heavy atom. The van der Waals surface area contributed by atoms with E-state index in [1.165, 1.54) is 19.3 Å². The van der Waals surface area contributed by atoms with Gasteiger partial charge in [0.25, 0.3) is 0 Å². The van der Waals surface area contributed by atoms with Gasteiger partial charge in [-0.1, -0.05) is 27.7 Å². The number of aliphatic hydroxyl groups excluding tert-OH is 2. The smallest absolute Gasteiger partial charge is 0.122 e. The molecular weight excluding hydrogens is 386 g/mol. The SMILES string of the molecule is CC1CCC2(NC1)OC1CC3C4C(O)CC5CC(O)CCC5(C)C4CCC3(C)C1C2C. The van der Waals surface area contributed by atoms with E-state index in [0.717, 1.165) is 51.0 Å². The molecule has 4 nitrogen and oxygen atoms in total. The van der Waals surface area contributed by atoms with Crippen molar-refractivity contribution in [3.05, 3.63) is 0 Å². The van der Waals surface area contributed by atoms with E-state index in [0.29, 0.717) is 47.0 Å². The lowest BCUT2D eigenvalue weighted by molar-refractivity contribution is -0.179. The van der Waals surface area contributed by atoms with E-state index >= 15 is 0 Å². The number of aliphatic hydroxyl groups is 2. The van der Waals surface area contributed by atoms with Crippen LogP contribution in [0, 0.1) is 52.3 Å². The second-order valence-electron chi connectivity index (χ2n) is 13.4. The first-order valence-corrected chi connectivity index (χ1v) is 13.5. The molecule has 31 heavy (non-hydrogen) atoms. The topological polar surface area (TPSA) is 61.7 Å². The molecule has 4 saturated carbocycles. The molecule has 0 bridgehead atoms. The van der Waals surface area contributed by atoms with Crippen LogP contribution in [-0.4, -0.2) is 40.8 Å². The molecule has 2 saturated heterocycles. The van der Waals surface area contributed by atoms with Crippen molar-refractivity contribution >= 4 is 0 Å². The maximum absolute atomic E-state index is 11.5. The molecule has 13 unspecified atom stereocenters. The minimum absolute atomic E-state index is 0.103. The highest BCUT2D eigenvalue weighted by molar-refractivity contribution is 5.17. The molecule has 0 radical (unpaired) electrons. The van der Waals surface area contributed by atoms with Crippen LogP contribution in [0.3, 0.4) is 0 Å². The molecule has 6 fully saturated rings. The summed E-state index contributed by atoms with van der Waals surface area (Å²) >= 11 is 0. The molecule has 6 rings (SSSR count). The van der Waals surface area contributed by atoms with Gasteiger partial charge in [0.2, 0.25) is 0 Å². The van der Waals surface area contributed by atoms with Gasteiger partial charge in [0, 0.05) is 12.5 Å². The summed E-state index contributed by atoms with van der Waals surface area (Å²) in [5.41, 5.74) is 0.489. The average molecular weight is 432 g/mol. The Bertz CT molecular complexity index is 719. The number of hydrogen-bond acceptors (Lipinski definition) is 4. The van der Waals surface area contributed by atoms with Crippen LogP contribution in [0.4, 0.5) is 0 Å². The molecule has 13 atom stereocenters. The first-order chi connectivity index (χ1) is 14.7. The van der Waals surface area contributed by atoms with Gasteiger partial charge in [-0.2, -0.15) is 0 Å². The third-order valence-electron chi connectivity index (χ3n) is 12.1. The van der Waals surface area contributed by atoms with Gasteiger partial charge in [-0.05, 0) is 104 Å². The number of hydrogen-bond donors (Lipinski definition) is 3. The van der Waals surface area contributed by atoms with E-state index in [4.69, 9.17) is 4.74 Å². The van der Waals surface area contributed by atoms with Gasteiger partial charge in [0.15, 0.2) is 0 Å². The van der Waals surface area contributed by atoms with Crippen LogP contribution in [0.25, 0.3) is 0 Å². The number of piperidine rings is 1. The highest BCUT2D eigenvalue weighted by atomic mass is 16.5. The second kappa shape index (κ2) is 6.93. The van der Waals surface area contributed by atoms with Gasteiger partial charge in [-0.15, -0.1) is 0 Å². The van der Waals surface area contributed by atoms with Crippen LogP contribution < -0.4 is 5.32 Å². The van der Waals surface area contributed by atoms with Crippen LogP contribution in [0.15, 0.2) is 0 Å². The van der Waals surface area contributed by atoms with Crippen LogP contribution in [-0.2, 0) is 4.74 Å². The normalized spacial score (nSPS) is 63.3. The average Bonchev–Trinajstić information content (AvgIpc) is 3.16. The Hall–Kier alpha value is -0.160. The van der Waals surface area contributed by atoms with Crippen molar-refractivity contribution in [3.63, 3.8) is 0 Å². The molecule has 4 aliphatic carbocycles. The standard InChI is InChI=1S/C27H45NO3/c1-15-5-10-27(28-14-15)16(2)24-22(31-27)13-20-23-19(7-9-26(20,24)4)25(3)8-6-18(29)11-17(25)12-21(23)30/h15-24,28-30H,5-14H2,1-4H3. The maximum Gasteiger partial charge on any atom is 0.122 e. The Morgan fingerprint density at radius 1 is 0.871 bits per heavy atom. The van der Waals surface area contributed by atoms with Crippen molar-refractivity contribution in [3.8, 4) is 0 Å². The predicted molar refractivity (Wildman–Crippen MR) is 121 cm³/mol. The fourth-order valence-electron chi connectivity index (χ4n) is 10.4. The molecule has 3 N–H and O–H groups in total. The van der Waals surface area contributed by atoms with Crippen LogP contribution in [0.1, 0.15) is 85.5 Å². The van der Waals surface area contributed by atoms with Crippen molar-refractivity contribution in [2.75, 3.05) is 6.54 Å². The van der Waals surface area contributed by atoms with Crippen LogP contribution in [0.5, 0.6) is 0 Å². The molecule has 2 heterocycles. The van der Waals surface area contributed by atoms with Crippen molar-refractivity contribution in [2.45, 2.75) is 110 Å². The zero-order valence-corrected chi connectivity index (χ0v) is 20.1. The van der Waals surface area contributed by atoms with Crippen molar-refractivity contribution in [2.24, 2.45) is 52.3 Å². The lowest BCUT2D eigenvalue weighted by Crippen LogP contribution is -2.60. The van der Waals surface area contributed by atoms with Gasteiger partial charge >= 0.3 is 0 Å². The van der Waals surface area contributed by atoms with E-state index in [-0.39, 0.29) is 23.3 Å². The molecular formula is C27H45NO3. The molecule has 176 valence electrons. The third kappa shape index (κ3) is 2.80. The van der Waals surface area contributed by atoms with Crippen molar-refractivity contribution in [1.29, 1.82) is 0 Å². The zero-order chi connectivity index (χ0) is 21.8. The van der Waals surface area contributed by atoms with E-state index in [1.54, 1.807) is 0 Å². The fraction of sp³-hybridized carbons (Fsp3) is 1.00. The molecule has 4 heteroatoms. The molecule has 0 aromatic carbocycles. The number of rotatable bonds is 0. The third-order valence-corrected chi connectivity index (χ3v) is 12.1. The van der Waals surface area contributed by atoms with Gasteiger partial charge < -0.3 is 14.9 Å². The zero-order valence-electron chi connectivity index (χ0n) is 20.1. The number of nitrogens with one attached hydrogen (secondary N) is 1. The Balaban J connectivity index is 1.29. The molecule has 0 aromatic rings. The summed E-state index contributed by atoms with van der Waals surface area (Å²) in [6, 6.07) is 0. The van der Waals surface area contributed by atoms with Crippen molar-refractivity contribution in [1.82, 2.24) is 5.32 Å². The van der Waals surface area contributed by atoms with E-state index in [1.807, 2.05) is 0 Å². The van der Waals surface area contributed by atoms with Gasteiger partial charge in [-0.25, -0.2) is 0 Å². The Morgan fingerprint density at radius 2 is 1.65 bits per heavy atom. The maximum atomic E-state index is 11.5. The largest absolute Gasteiger partial charge is 0.393 e. The molecule has 2 aliphatic heterocycles. The van der Waals surface area contributed by atoms with Gasteiger partial charge in [0.1, 0.15) is 5.72 Å². The van der Waals surface area contributed by atoms with Crippen LogP contribution >= 0.6 is 0 Å². The highest BCUT2D eigenvalue weighted by Crippen LogP contribution is 2.71. The molecule has 0 amide bonds. The summed E-state index contributed by atoms with van der Waals surface area (Å²) in [6.45, 7) is 11.0. The number of ether oxygens (including phenoxy) is 1. The summed E-state index contributed by atoms with van der Waals surface area (Å²) in [7, 11) is 0. The molecule has 0 aromatic heterocycles. The summed E-state index contributed by atoms with van der Waals surface area (Å²) in [4.78, 5) is 0. The van der Waals surface area contributed by atoms with Crippen LogP contribution in [0.2, 0.25) is 0 Å².